The van der Waals surface area contributed by atoms with E-state index in [4.69, 9.17) is 0 Å². The van der Waals surface area contributed by atoms with Gasteiger partial charge in [-0.05, 0) is 37.1 Å². The Morgan fingerprint density at radius 3 is 2.63 bits per heavy atom. The van der Waals surface area contributed by atoms with E-state index in [-0.39, 0.29) is 29.9 Å². The van der Waals surface area contributed by atoms with Crippen LogP contribution in [0.25, 0.3) is 10.7 Å². The lowest BCUT2D eigenvalue weighted by Gasteiger charge is -2.31. The molecule has 2 N–H and O–H groups in total. The van der Waals surface area contributed by atoms with Gasteiger partial charge in [0.1, 0.15) is 10.8 Å². The van der Waals surface area contributed by atoms with Crippen molar-refractivity contribution >= 4 is 28.8 Å². The molecule has 4 rings (SSSR count). The molecule has 2 amide bonds. The number of hydrogen-bond donors (Lipinski definition) is 2. The van der Waals surface area contributed by atoms with Crippen molar-refractivity contribution in [2.24, 2.45) is 5.92 Å². The van der Waals surface area contributed by atoms with E-state index in [0.29, 0.717) is 31.6 Å². The van der Waals surface area contributed by atoms with E-state index in [0.717, 1.165) is 16.4 Å². The molecule has 0 bridgehead atoms. The highest BCUT2D eigenvalue weighted by Crippen LogP contribution is 2.26. The molecule has 1 saturated heterocycles. The van der Waals surface area contributed by atoms with Crippen LogP contribution in [-0.2, 0) is 16.0 Å². The summed E-state index contributed by atoms with van der Waals surface area (Å²) in [7, 11) is 0. The molecule has 2 aromatic heterocycles. The highest BCUT2D eigenvalue weighted by Gasteiger charge is 2.28. The molecule has 0 aliphatic carbocycles. The Morgan fingerprint density at radius 1 is 1.13 bits per heavy atom. The predicted molar refractivity (Wildman–Crippen MR) is 115 cm³/mol. The highest BCUT2D eigenvalue weighted by molar-refractivity contribution is 7.13. The van der Waals surface area contributed by atoms with E-state index in [1.54, 1.807) is 29.3 Å². The van der Waals surface area contributed by atoms with Crippen molar-refractivity contribution < 1.29 is 14.7 Å². The van der Waals surface area contributed by atoms with Gasteiger partial charge in [-0.15, -0.1) is 11.3 Å². The zero-order valence-electron chi connectivity index (χ0n) is 16.3. The van der Waals surface area contributed by atoms with Gasteiger partial charge in [0.05, 0.1) is 23.5 Å². The summed E-state index contributed by atoms with van der Waals surface area (Å²) >= 11 is 1.48. The van der Waals surface area contributed by atoms with Crippen LogP contribution in [0.4, 0.5) is 5.69 Å². The molecule has 0 unspecified atom stereocenters. The van der Waals surface area contributed by atoms with Crippen LogP contribution in [0.5, 0.6) is 5.75 Å². The number of nitrogens with zero attached hydrogens (tertiary/aromatic N) is 3. The van der Waals surface area contributed by atoms with E-state index >= 15 is 0 Å². The molecular formula is C22H22N4O3S. The first-order valence-corrected chi connectivity index (χ1v) is 10.7. The standard InChI is InChI=1S/C22H22N4O3S/c27-19-7-2-1-5-17(19)25-21(29)15-8-11-26(12-9-15)20(28)13-16-14-30-22(24-16)18-6-3-4-10-23-18/h1-7,10,14-15,27H,8-9,11-13H2,(H,25,29). The number of thiazole rings is 1. The second-order valence-corrected chi connectivity index (χ2v) is 8.06. The number of piperidine rings is 1. The summed E-state index contributed by atoms with van der Waals surface area (Å²) in [5, 5.41) is 15.3. The molecule has 0 radical (unpaired) electrons. The van der Waals surface area contributed by atoms with Crippen molar-refractivity contribution in [2.45, 2.75) is 19.3 Å². The first-order chi connectivity index (χ1) is 14.6. The van der Waals surface area contributed by atoms with Gasteiger partial charge in [-0.25, -0.2) is 4.98 Å². The summed E-state index contributed by atoms with van der Waals surface area (Å²) in [6.45, 7) is 1.07. The fourth-order valence-corrected chi connectivity index (χ4v) is 4.26. The van der Waals surface area contributed by atoms with Crippen molar-refractivity contribution in [3.8, 4) is 16.5 Å². The third-order valence-electron chi connectivity index (χ3n) is 5.15. The number of aromatic hydroxyl groups is 1. The fraction of sp³-hybridized carbons (Fsp3) is 0.273. The maximum Gasteiger partial charge on any atom is 0.228 e. The van der Waals surface area contributed by atoms with E-state index < -0.39 is 0 Å². The lowest BCUT2D eigenvalue weighted by Crippen LogP contribution is -2.42. The summed E-state index contributed by atoms with van der Waals surface area (Å²) in [6.07, 6.45) is 3.17. The Morgan fingerprint density at radius 2 is 1.90 bits per heavy atom. The molecule has 30 heavy (non-hydrogen) atoms. The molecule has 154 valence electrons. The SMILES string of the molecule is O=C(Nc1ccccc1O)C1CCN(C(=O)Cc2csc(-c3ccccn3)n2)CC1. The molecule has 0 spiro atoms. The minimum absolute atomic E-state index is 0.0208. The molecule has 0 atom stereocenters. The first-order valence-electron chi connectivity index (χ1n) is 9.82. The number of nitrogens with one attached hydrogen (secondary N) is 1. The Balaban J connectivity index is 1.29. The summed E-state index contributed by atoms with van der Waals surface area (Å²) in [5.41, 5.74) is 1.95. The molecule has 1 aromatic carbocycles. The Hall–Kier alpha value is -3.26. The van der Waals surface area contributed by atoms with Crippen molar-refractivity contribution in [3.05, 3.63) is 59.7 Å². The van der Waals surface area contributed by atoms with Crippen LogP contribution in [-0.4, -0.2) is 44.9 Å². The molecule has 0 saturated carbocycles. The van der Waals surface area contributed by atoms with E-state index in [1.807, 2.05) is 23.6 Å². The lowest BCUT2D eigenvalue weighted by atomic mass is 9.95. The number of phenols is 1. The molecule has 1 fully saturated rings. The number of rotatable bonds is 5. The molecule has 7 nitrogen and oxygen atoms in total. The molecule has 8 heteroatoms. The van der Waals surface area contributed by atoms with Gasteiger partial charge in [-0.3, -0.25) is 14.6 Å². The van der Waals surface area contributed by atoms with Gasteiger partial charge >= 0.3 is 0 Å². The normalized spacial score (nSPS) is 14.5. The number of aromatic nitrogens is 2. The number of carbonyl (C=O) groups excluding carboxylic acids is 2. The number of amides is 2. The smallest absolute Gasteiger partial charge is 0.228 e. The maximum absolute atomic E-state index is 12.7. The third kappa shape index (κ3) is 4.65. The first kappa shape index (κ1) is 20.0. The number of carbonyl (C=O) groups is 2. The van der Waals surface area contributed by atoms with Crippen molar-refractivity contribution in [1.29, 1.82) is 0 Å². The van der Waals surface area contributed by atoms with Gasteiger partial charge < -0.3 is 15.3 Å². The Labute approximate surface area is 178 Å². The zero-order valence-corrected chi connectivity index (χ0v) is 17.1. The lowest BCUT2D eigenvalue weighted by molar-refractivity contribution is -0.133. The average molecular weight is 423 g/mol. The molecule has 1 aliphatic heterocycles. The van der Waals surface area contributed by atoms with Crippen LogP contribution in [0.1, 0.15) is 18.5 Å². The summed E-state index contributed by atoms with van der Waals surface area (Å²) in [4.78, 5) is 35.8. The Bertz CT molecular complexity index is 1030. The average Bonchev–Trinajstić information content (AvgIpc) is 3.24. The van der Waals surface area contributed by atoms with Crippen LogP contribution < -0.4 is 5.32 Å². The second kappa shape index (κ2) is 9.04. The van der Waals surface area contributed by atoms with Gasteiger partial charge in [0.15, 0.2) is 0 Å². The monoisotopic (exact) mass is 422 g/mol. The number of anilines is 1. The van der Waals surface area contributed by atoms with E-state index in [9.17, 15) is 14.7 Å². The number of phenolic OH excluding ortho intramolecular Hbond substituents is 1. The number of likely N-dealkylation sites (tertiary alicyclic amines) is 1. The number of hydrogen-bond acceptors (Lipinski definition) is 6. The van der Waals surface area contributed by atoms with Crippen LogP contribution in [0.3, 0.4) is 0 Å². The summed E-state index contributed by atoms with van der Waals surface area (Å²) in [5.74, 6) is -0.231. The van der Waals surface area contributed by atoms with Gasteiger partial charge in [0.25, 0.3) is 0 Å². The quantitative estimate of drug-likeness (QED) is 0.615. The highest BCUT2D eigenvalue weighted by atomic mass is 32.1. The fourth-order valence-electron chi connectivity index (χ4n) is 3.47. The largest absolute Gasteiger partial charge is 0.506 e. The number of para-hydroxylation sites is 2. The molecule has 3 heterocycles. The predicted octanol–water partition coefficient (Wildman–Crippen LogP) is 3.33. The van der Waals surface area contributed by atoms with Gasteiger partial charge in [-0.2, -0.15) is 0 Å². The van der Waals surface area contributed by atoms with Crippen molar-refractivity contribution in [3.63, 3.8) is 0 Å². The van der Waals surface area contributed by atoms with Crippen molar-refractivity contribution in [1.82, 2.24) is 14.9 Å². The van der Waals surface area contributed by atoms with Crippen LogP contribution in [0.15, 0.2) is 54.0 Å². The van der Waals surface area contributed by atoms with Crippen molar-refractivity contribution in [2.75, 3.05) is 18.4 Å². The van der Waals surface area contributed by atoms with Crippen LogP contribution in [0.2, 0.25) is 0 Å². The van der Waals surface area contributed by atoms with Gasteiger partial charge in [-0.1, -0.05) is 18.2 Å². The second-order valence-electron chi connectivity index (χ2n) is 7.20. The summed E-state index contributed by atoms with van der Waals surface area (Å²) < 4.78 is 0. The summed E-state index contributed by atoms with van der Waals surface area (Å²) in [6, 6.07) is 12.3. The molecule has 3 aromatic rings. The minimum atomic E-state index is -0.177. The van der Waals surface area contributed by atoms with Gasteiger partial charge in [0, 0.05) is 30.6 Å². The molecule has 1 aliphatic rings. The van der Waals surface area contributed by atoms with Crippen LogP contribution >= 0.6 is 11.3 Å². The van der Waals surface area contributed by atoms with E-state index in [2.05, 4.69) is 15.3 Å². The van der Waals surface area contributed by atoms with Crippen LogP contribution in [0, 0.1) is 5.92 Å². The topological polar surface area (TPSA) is 95.4 Å². The third-order valence-corrected chi connectivity index (χ3v) is 6.06. The number of pyridine rings is 1. The Kier molecular flexibility index (Phi) is 6.04. The zero-order chi connectivity index (χ0) is 20.9. The maximum atomic E-state index is 12.7. The van der Waals surface area contributed by atoms with Gasteiger partial charge in [0.2, 0.25) is 11.8 Å². The molecular weight excluding hydrogens is 400 g/mol. The number of benzene rings is 1. The van der Waals surface area contributed by atoms with E-state index in [1.165, 1.54) is 17.4 Å². The minimum Gasteiger partial charge on any atom is -0.506 e.